The van der Waals surface area contributed by atoms with E-state index in [0.29, 0.717) is 13.0 Å². The van der Waals surface area contributed by atoms with Crippen molar-refractivity contribution in [2.75, 3.05) is 6.61 Å². The van der Waals surface area contributed by atoms with Crippen LogP contribution in [0.3, 0.4) is 0 Å². The molecule has 0 spiro atoms. The summed E-state index contributed by atoms with van der Waals surface area (Å²) < 4.78 is 4.95. The van der Waals surface area contributed by atoms with Gasteiger partial charge >= 0.3 is 5.97 Å². The first-order valence-electron chi connectivity index (χ1n) is 7.11. The van der Waals surface area contributed by atoms with E-state index >= 15 is 0 Å². The van der Waals surface area contributed by atoms with Gasteiger partial charge in [-0.25, -0.2) is 0 Å². The van der Waals surface area contributed by atoms with Crippen molar-refractivity contribution in [3.05, 3.63) is 47.5 Å². The maximum Gasteiger partial charge on any atom is 0.312 e. The second kappa shape index (κ2) is 8.54. The van der Waals surface area contributed by atoms with E-state index in [4.69, 9.17) is 4.74 Å². The molecule has 3 nitrogen and oxygen atoms in total. The number of aryl methyl sites for hydroxylation is 1. The van der Waals surface area contributed by atoms with Gasteiger partial charge in [-0.3, -0.25) is 4.79 Å². The van der Waals surface area contributed by atoms with Crippen LogP contribution in [-0.2, 0) is 16.0 Å². The summed E-state index contributed by atoms with van der Waals surface area (Å²) in [6.07, 6.45) is 2.74. The van der Waals surface area contributed by atoms with Crippen molar-refractivity contribution in [3.8, 4) is 0 Å². The van der Waals surface area contributed by atoms with Crippen molar-refractivity contribution in [1.29, 1.82) is 0 Å². The molecule has 1 rings (SSSR count). The lowest BCUT2D eigenvalue weighted by atomic mass is 9.99. The highest BCUT2D eigenvalue weighted by atomic mass is 16.5. The van der Waals surface area contributed by atoms with Gasteiger partial charge in [0.1, 0.15) is 0 Å². The third-order valence-corrected chi connectivity index (χ3v) is 3.25. The lowest BCUT2D eigenvalue weighted by Gasteiger charge is -2.13. The molecule has 20 heavy (non-hydrogen) atoms. The molecule has 1 N–H and O–H groups in total. The maximum atomic E-state index is 11.5. The van der Waals surface area contributed by atoms with Crippen LogP contribution in [0.15, 0.2) is 42.0 Å². The van der Waals surface area contributed by atoms with Gasteiger partial charge in [-0.2, -0.15) is 0 Å². The number of aliphatic hydroxyl groups is 1. The average molecular weight is 276 g/mol. The van der Waals surface area contributed by atoms with Crippen molar-refractivity contribution in [1.82, 2.24) is 0 Å². The topological polar surface area (TPSA) is 46.5 Å². The minimum Gasteiger partial charge on any atom is -0.466 e. The quantitative estimate of drug-likeness (QED) is 0.615. The average Bonchev–Trinajstić information content (AvgIpc) is 2.45. The molecule has 0 aliphatic rings. The summed E-state index contributed by atoms with van der Waals surface area (Å²) in [5.74, 6) is -0.566. The third kappa shape index (κ3) is 5.57. The largest absolute Gasteiger partial charge is 0.466 e. The standard InChI is InChI=1S/C17H24O3/c1-4-20-17(19)14(3)12-13(2)16(18)11-10-15-8-6-5-7-9-15/h5-9,12,14,16,18H,4,10-11H2,1-3H3/b13-12-/t14-,16+/m0/s1. The van der Waals surface area contributed by atoms with E-state index in [0.717, 1.165) is 12.0 Å². The van der Waals surface area contributed by atoms with Gasteiger partial charge in [0, 0.05) is 0 Å². The molecule has 3 heteroatoms. The second-order valence-corrected chi connectivity index (χ2v) is 4.99. The van der Waals surface area contributed by atoms with Gasteiger partial charge in [-0.1, -0.05) is 36.4 Å². The first-order chi connectivity index (χ1) is 9.54. The van der Waals surface area contributed by atoms with Gasteiger partial charge < -0.3 is 9.84 Å². The van der Waals surface area contributed by atoms with Gasteiger partial charge in [0.2, 0.25) is 0 Å². The van der Waals surface area contributed by atoms with Crippen molar-refractivity contribution in [3.63, 3.8) is 0 Å². The van der Waals surface area contributed by atoms with E-state index in [1.54, 1.807) is 19.9 Å². The first-order valence-corrected chi connectivity index (χ1v) is 7.11. The number of benzene rings is 1. The number of carbonyl (C=O) groups excluding carboxylic acids is 1. The molecule has 1 aromatic carbocycles. The number of rotatable bonds is 7. The summed E-state index contributed by atoms with van der Waals surface area (Å²) in [6, 6.07) is 10.1. The minimum atomic E-state index is -0.521. The molecule has 0 unspecified atom stereocenters. The molecule has 1 aromatic rings. The van der Waals surface area contributed by atoms with Crippen LogP contribution in [0.5, 0.6) is 0 Å². The van der Waals surface area contributed by atoms with Crippen molar-refractivity contribution >= 4 is 5.97 Å². The fourth-order valence-electron chi connectivity index (χ4n) is 2.02. The molecule has 0 aliphatic carbocycles. The summed E-state index contributed by atoms with van der Waals surface area (Å²) in [6.45, 7) is 5.80. The van der Waals surface area contributed by atoms with Crippen molar-refractivity contribution in [2.24, 2.45) is 5.92 Å². The Labute approximate surface area is 121 Å². The predicted octanol–water partition coefficient (Wildman–Crippen LogP) is 3.13. The Hall–Kier alpha value is -1.61. The Balaban J connectivity index is 2.49. The molecular formula is C17H24O3. The van der Waals surface area contributed by atoms with Crippen LogP contribution < -0.4 is 0 Å². The second-order valence-electron chi connectivity index (χ2n) is 4.99. The fourth-order valence-corrected chi connectivity index (χ4v) is 2.02. The van der Waals surface area contributed by atoms with Gasteiger partial charge in [-0.05, 0) is 44.7 Å². The van der Waals surface area contributed by atoms with Crippen molar-refractivity contribution in [2.45, 2.75) is 39.7 Å². The van der Waals surface area contributed by atoms with Crippen LogP contribution in [0.2, 0.25) is 0 Å². The highest BCUT2D eigenvalue weighted by Gasteiger charge is 2.14. The van der Waals surface area contributed by atoms with Gasteiger partial charge in [0.05, 0.1) is 18.6 Å². The van der Waals surface area contributed by atoms with E-state index in [-0.39, 0.29) is 11.9 Å². The number of hydrogen-bond acceptors (Lipinski definition) is 3. The zero-order chi connectivity index (χ0) is 15.0. The van der Waals surface area contributed by atoms with Gasteiger partial charge in [0.15, 0.2) is 0 Å². The normalized spacial score (nSPS) is 14.7. The Morgan fingerprint density at radius 1 is 1.35 bits per heavy atom. The highest BCUT2D eigenvalue weighted by Crippen LogP contribution is 2.14. The maximum absolute atomic E-state index is 11.5. The SMILES string of the molecule is CCOC(=O)[C@@H](C)/C=C(/C)[C@H](O)CCc1ccccc1. The molecule has 0 radical (unpaired) electrons. The molecule has 0 bridgehead atoms. The number of aliphatic hydroxyl groups excluding tert-OH is 1. The number of carbonyl (C=O) groups is 1. The summed E-state index contributed by atoms with van der Waals surface area (Å²) in [5, 5.41) is 10.1. The Kier molecular flexibility index (Phi) is 7.02. The Bertz CT molecular complexity index is 437. The number of esters is 1. The van der Waals surface area contributed by atoms with E-state index in [1.807, 2.05) is 37.3 Å². The molecule has 110 valence electrons. The lowest BCUT2D eigenvalue weighted by molar-refractivity contribution is -0.145. The first kappa shape index (κ1) is 16.4. The van der Waals surface area contributed by atoms with Crippen molar-refractivity contribution < 1.29 is 14.6 Å². The summed E-state index contributed by atoms with van der Waals surface area (Å²) >= 11 is 0. The Morgan fingerprint density at radius 2 is 2.00 bits per heavy atom. The molecule has 0 saturated carbocycles. The molecule has 0 amide bonds. The lowest BCUT2D eigenvalue weighted by Crippen LogP contribution is -2.16. The highest BCUT2D eigenvalue weighted by molar-refractivity contribution is 5.74. The summed E-state index contributed by atoms with van der Waals surface area (Å²) in [7, 11) is 0. The molecule has 0 fully saturated rings. The fraction of sp³-hybridized carbons (Fsp3) is 0.471. The monoisotopic (exact) mass is 276 g/mol. The predicted molar refractivity (Wildman–Crippen MR) is 80.3 cm³/mol. The molecule has 0 saturated heterocycles. The van der Waals surface area contributed by atoms with Crippen LogP contribution in [0, 0.1) is 5.92 Å². The third-order valence-electron chi connectivity index (χ3n) is 3.25. The van der Waals surface area contributed by atoms with E-state index in [1.165, 1.54) is 5.56 Å². The van der Waals surface area contributed by atoms with Crippen LogP contribution in [0.25, 0.3) is 0 Å². The zero-order valence-corrected chi connectivity index (χ0v) is 12.5. The number of ether oxygens (including phenoxy) is 1. The van der Waals surface area contributed by atoms with E-state index in [9.17, 15) is 9.90 Å². The zero-order valence-electron chi connectivity index (χ0n) is 12.5. The van der Waals surface area contributed by atoms with E-state index in [2.05, 4.69) is 0 Å². The molecule has 2 atom stereocenters. The Morgan fingerprint density at radius 3 is 2.60 bits per heavy atom. The minimum absolute atomic E-state index is 0.248. The van der Waals surface area contributed by atoms with Crippen LogP contribution in [0.1, 0.15) is 32.8 Å². The van der Waals surface area contributed by atoms with Crippen LogP contribution >= 0.6 is 0 Å². The van der Waals surface area contributed by atoms with E-state index < -0.39 is 6.10 Å². The molecular weight excluding hydrogens is 252 g/mol. The summed E-state index contributed by atoms with van der Waals surface area (Å²) in [5.41, 5.74) is 2.03. The van der Waals surface area contributed by atoms with Gasteiger partial charge in [0.25, 0.3) is 0 Å². The molecule has 0 heterocycles. The van der Waals surface area contributed by atoms with Crippen LogP contribution in [0.4, 0.5) is 0 Å². The number of hydrogen-bond donors (Lipinski definition) is 1. The van der Waals surface area contributed by atoms with Gasteiger partial charge in [-0.15, -0.1) is 0 Å². The van der Waals surface area contributed by atoms with Crippen LogP contribution in [-0.4, -0.2) is 23.8 Å². The smallest absolute Gasteiger partial charge is 0.312 e. The molecule has 0 aliphatic heterocycles. The molecule has 0 aromatic heterocycles. The summed E-state index contributed by atoms with van der Waals surface area (Å²) in [4.78, 5) is 11.5.